The van der Waals surface area contributed by atoms with Crippen LogP contribution < -0.4 is 10.6 Å². The van der Waals surface area contributed by atoms with Crippen molar-refractivity contribution in [3.05, 3.63) is 27.4 Å². The molecule has 3 heterocycles. The van der Waals surface area contributed by atoms with Crippen LogP contribution in [0.1, 0.15) is 16.8 Å². The van der Waals surface area contributed by atoms with Gasteiger partial charge in [-0.05, 0) is 6.92 Å². The number of hydrogen-bond acceptors (Lipinski definition) is 7. The number of morpholine rings is 1. The first-order valence-electron chi connectivity index (χ1n) is 6.19. The van der Waals surface area contributed by atoms with Gasteiger partial charge in [0, 0.05) is 17.6 Å². The Morgan fingerprint density at radius 2 is 2.35 bits per heavy atom. The molecule has 0 saturated carbocycles. The van der Waals surface area contributed by atoms with Gasteiger partial charge >= 0.3 is 0 Å². The number of nitrogen functional groups attached to an aromatic ring is 1. The smallest absolute Gasteiger partial charge is 0.153 e. The van der Waals surface area contributed by atoms with E-state index in [9.17, 15) is 0 Å². The van der Waals surface area contributed by atoms with E-state index in [1.165, 1.54) is 6.33 Å². The number of nitrogens with zero attached hydrogens (tertiary/aromatic N) is 4. The standard InChI is InChI=1S/C12H14ClN5OS/c1-7-5-20-12(17-7)8-4-18(2-3-19-8)11-9(13)10(14)15-6-16-11/h5-6,8H,2-4H2,1H3,(H2,14,15,16)/t8-/m0/s1. The third-order valence-electron chi connectivity index (χ3n) is 3.08. The molecule has 20 heavy (non-hydrogen) atoms. The summed E-state index contributed by atoms with van der Waals surface area (Å²) < 4.78 is 5.79. The van der Waals surface area contributed by atoms with Gasteiger partial charge in [0.15, 0.2) is 5.82 Å². The minimum absolute atomic E-state index is 0.0605. The molecule has 2 aromatic heterocycles. The van der Waals surface area contributed by atoms with Crippen molar-refractivity contribution < 1.29 is 4.74 Å². The zero-order valence-corrected chi connectivity index (χ0v) is 12.5. The summed E-state index contributed by atoms with van der Waals surface area (Å²) in [6, 6.07) is 0. The van der Waals surface area contributed by atoms with Crippen LogP contribution in [0.15, 0.2) is 11.7 Å². The molecule has 2 N–H and O–H groups in total. The highest BCUT2D eigenvalue weighted by Gasteiger charge is 2.26. The van der Waals surface area contributed by atoms with Crippen molar-refractivity contribution in [2.45, 2.75) is 13.0 Å². The highest BCUT2D eigenvalue weighted by Crippen LogP contribution is 2.32. The quantitative estimate of drug-likeness (QED) is 0.914. The molecular formula is C12H14ClN5OS. The summed E-state index contributed by atoms with van der Waals surface area (Å²) in [7, 11) is 0. The summed E-state index contributed by atoms with van der Waals surface area (Å²) in [6.45, 7) is 3.95. The van der Waals surface area contributed by atoms with Gasteiger partial charge in [-0.2, -0.15) is 0 Å². The molecule has 0 bridgehead atoms. The number of aromatic nitrogens is 3. The topological polar surface area (TPSA) is 77.2 Å². The fourth-order valence-corrected chi connectivity index (χ4v) is 3.16. The SMILES string of the molecule is Cc1csc([C@@H]2CN(c3ncnc(N)c3Cl)CCO2)n1. The molecule has 6 nitrogen and oxygen atoms in total. The van der Waals surface area contributed by atoms with E-state index >= 15 is 0 Å². The Morgan fingerprint density at radius 3 is 3.10 bits per heavy atom. The van der Waals surface area contributed by atoms with Crippen molar-refractivity contribution >= 4 is 34.6 Å². The first kappa shape index (κ1) is 13.5. The third kappa shape index (κ3) is 2.56. The van der Waals surface area contributed by atoms with Crippen LogP contribution in [-0.2, 0) is 4.74 Å². The number of aryl methyl sites for hydroxylation is 1. The normalized spacial score (nSPS) is 19.3. The second-order valence-electron chi connectivity index (χ2n) is 4.53. The Labute approximate surface area is 125 Å². The first-order chi connectivity index (χ1) is 9.65. The van der Waals surface area contributed by atoms with Gasteiger partial charge in [-0.1, -0.05) is 11.6 Å². The number of rotatable bonds is 2. The Morgan fingerprint density at radius 1 is 1.50 bits per heavy atom. The number of hydrogen-bond donors (Lipinski definition) is 1. The van der Waals surface area contributed by atoms with Gasteiger partial charge in [0.05, 0.1) is 13.2 Å². The van der Waals surface area contributed by atoms with Gasteiger partial charge in [0.25, 0.3) is 0 Å². The Kier molecular flexibility index (Phi) is 3.73. The number of anilines is 2. The lowest BCUT2D eigenvalue weighted by Gasteiger charge is -2.33. The minimum atomic E-state index is -0.0605. The van der Waals surface area contributed by atoms with Crippen LogP contribution in [0.25, 0.3) is 0 Å². The molecule has 0 spiro atoms. The van der Waals surface area contributed by atoms with Crippen molar-refractivity contribution in [1.29, 1.82) is 0 Å². The third-order valence-corrected chi connectivity index (χ3v) is 4.49. The molecule has 0 aromatic carbocycles. The molecule has 2 aromatic rings. The molecule has 3 rings (SSSR count). The Hall–Kier alpha value is -1.44. The fourth-order valence-electron chi connectivity index (χ4n) is 2.11. The molecule has 1 aliphatic heterocycles. The lowest BCUT2D eigenvalue weighted by molar-refractivity contribution is 0.0393. The lowest BCUT2D eigenvalue weighted by atomic mass is 10.2. The van der Waals surface area contributed by atoms with E-state index in [-0.39, 0.29) is 6.10 Å². The highest BCUT2D eigenvalue weighted by molar-refractivity contribution is 7.09. The van der Waals surface area contributed by atoms with Crippen molar-refractivity contribution in [3.63, 3.8) is 0 Å². The largest absolute Gasteiger partial charge is 0.382 e. The van der Waals surface area contributed by atoms with Gasteiger partial charge < -0.3 is 15.4 Å². The van der Waals surface area contributed by atoms with Crippen LogP contribution in [0.4, 0.5) is 11.6 Å². The number of ether oxygens (including phenoxy) is 1. The van der Waals surface area contributed by atoms with Crippen LogP contribution in [0.2, 0.25) is 5.02 Å². The number of halogens is 1. The van der Waals surface area contributed by atoms with E-state index < -0.39 is 0 Å². The summed E-state index contributed by atoms with van der Waals surface area (Å²) in [6.07, 6.45) is 1.36. The molecule has 1 fully saturated rings. The molecule has 1 saturated heterocycles. The van der Waals surface area contributed by atoms with E-state index in [0.717, 1.165) is 17.2 Å². The van der Waals surface area contributed by atoms with Gasteiger partial charge in [-0.25, -0.2) is 15.0 Å². The van der Waals surface area contributed by atoms with Crippen molar-refractivity contribution in [2.75, 3.05) is 30.3 Å². The maximum absolute atomic E-state index is 6.18. The van der Waals surface area contributed by atoms with Crippen LogP contribution in [-0.4, -0.2) is 34.6 Å². The summed E-state index contributed by atoms with van der Waals surface area (Å²) in [5.74, 6) is 0.950. The zero-order valence-electron chi connectivity index (χ0n) is 10.9. The Bertz CT molecular complexity index is 620. The zero-order chi connectivity index (χ0) is 14.1. The monoisotopic (exact) mass is 311 g/mol. The van der Waals surface area contributed by atoms with E-state index in [1.54, 1.807) is 11.3 Å². The molecule has 1 atom stereocenters. The highest BCUT2D eigenvalue weighted by atomic mass is 35.5. The average Bonchev–Trinajstić information content (AvgIpc) is 2.89. The predicted octanol–water partition coefficient (Wildman–Crippen LogP) is 2.06. The van der Waals surface area contributed by atoms with E-state index in [0.29, 0.717) is 29.8 Å². The summed E-state index contributed by atoms with van der Waals surface area (Å²) in [5.41, 5.74) is 6.73. The van der Waals surface area contributed by atoms with Crippen molar-refractivity contribution in [2.24, 2.45) is 0 Å². The van der Waals surface area contributed by atoms with Crippen LogP contribution in [0.3, 0.4) is 0 Å². The van der Waals surface area contributed by atoms with Crippen LogP contribution >= 0.6 is 22.9 Å². The van der Waals surface area contributed by atoms with Gasteiger partial charge in [0.1, 0.15) is 28.3 Å². The van der Waals surface area contributed by atoms with Crippen molar-refractivity contribution in [1.82, 2.24) is 15.0 Å². The second kappa shape index (κ2) is 5.51. The molecule has 106 valence electrons. The summed E-state index contributed by atoms with van der Waals surface area (Å²) >= 11 is 7.79. The first-order valence-corrected chi connectivity index (χ1v) is 7.45. The average molecular weight is 312 g/mol. The van der Waals surface area contributed by atoms with Gasteiger partial charge in [-0.15, -0.1) is 11.3 Å². The predicted molar refractivity (Wildman–Crippen MR) is 79.2 cm³/mol. The number of nitrogens with two attached hydrogens (primary N) is 1. The van der Waals surface area contributed by atoms with E-state index in [1.807, 2.05) is 12.3 Å². The molecule has 0 unspecified atom stereocenters. The molecule has 0 amide bonds. The molecular weight excluding hydrogens is 298 g/mol. The fraction of sp³-hybridized carbons (Fsp3) is 0.417. The second-order valence-corrected chi connectivity index (χ2v) is 5.80. The lowest BCUT2D eigenvalue weighted by Crippen LogP contribution is -2.39. The van der Waals surface area contributed by atoms with E-state index in [2.05, 4.69) is 19.9 Å². The van der Waals surface area contributed by atoms with Crippen LogP contribution in [0, 0.1) is 6.92 Å². The Balaban J connectivity index is 1.83. The van der Waals surface area contributed by atoms with Gasteiger partial charge in [-0.3, -0.25) is 0 Å². The summed E-state index contributed by atoms with van der Waals surface area (Å²) in [4.78, 5) is 14.6. The van der Waals surface area contributed by atoms with Gasteiger partial charge in [0.2, 0.25) is 0 Å². The minimum Gasteiger partial charge on any atom is -0.382 e. The van der Waals surface area contributed by atoms with Crippen LogP contribution in [0.5, 0.6) is 0 Å². The summed E-state index contributed by atoms with van der Waals surface area (Å²) in [5, 5.41) is 3.39. The van der Waals surface area contributed by atoms with E-state index in [4.69, 9.17) is 22.1 Å². The molecule has 0 radical (unpaired) electrons. The van der Waals surface area contributed by atoms with Crippen molar-refractivity contribution in [3.8, 4) is 0 Å². The maximum atomic E-state index is 6.18. The molecule has 0 aliphatic carbocycles. The molecule has 1 aliphatic rings. The maximum Gasteiger partial charge on any atom is 0.153 e. The number of thiazole rings is 1. The molecule has 8 heteroatoms.